The van der Waals surface area contributed by atoms with Gasteiger partial charge in [-0.1, -0.05) is 12.1 Å². The van der Waals surface area contributed by atoms with Crippen LogP contribution in [0.5, 0.6) is 5.75 Å². The fraction of sp³-hybridized carbons (Fsp3) is 0.0870. The summed E-state index contributed by atoms with van der Waals surface area (Å²) in [6, 6.07) is 23.5. The molecule has 1 heterocycles. The van der Waals surface area contributed by atoms with Crippen LogP contribution in [-0.2, 0) is 4.79 Å². The number of carbonyl (C=O) groups is 1. The molecule has 3 aromatic carbocycles. The van der Waals surface area contributed by atoms with Gasteiger partial charge in [-0.2, -0.15) is 5.26 Å². The third-order valence-corrected chi connectivity index (χ3v) is 4.36. The van der Waals surface area contributed by atoms with Gasteiger partial charge in [0.05, 0.1) is 11.6 Å². The van der Waals surface area contributed by atoms with Gasteiger partial charge in [0.1, 0.15) is 11.3 Å². The number of fused-ring (bicyclic) bond motifs is 1. The standard InChI is InChI=1S/C23H17N3O3/c1-15(28-19-12-6-16(14-24)7-13-19)22(27)25-18-10-8-17(9-11-18)23-26-20-4-2-3-5-21(20)29-23/h2-13,15H,1H3,(H,25,27). The molecule has 0 bridgehead atoms. The molecule has 0 spiro atoms. The Hall–Kier alpha value is -4.11. The first kappa shape index (κ1) is 18.3. The maximum Gasteiger partial charge on any atom is 0.265 e. The molecule has 0 radical (unpaired) electrons. The van der Waals surface area contributed by atoms with Crippen molar-refractivity contribution in [1.82, 2.24) is 4.98 Å². The number of amides is 1. The van der Waals surface area contributed by atoms with Crippen molar-refractivity contribution in [3.63, 3.8) is 0 Å². The Bertz CT molecular complexity index is 1160. The first-order valence-electron chi connectivity index (χ1n) is 9.06. The minimum atomic E-state index is -0.695. The molecule has 0 saturated heterocycles. The number of hydrogen-bond donors (Lipinski definition) is 1. The third kappa shape index (κ3) is 4.09. The second-order valence-corrected chi connectivity index (χ2v) is 6.45. The van der Waals surface area contributed by atoms with Crippen molar-refractivity contribution < 1.29 is 13.9 Å². The molecule has 0 aliphatic carbocycles. The number of benzene rings is 3. The van der Waals surface area contributed by atoms with Crippen LogP contribution in [0.3, 0.4) is 0 Å². The van der Waals surface area contributed by atoms with Gasteiger partial charge in [-0.25, -0.2) is 4.98 Å². The van der Waals surface area contributed by atoms with Gasteiger partial charge in [-0.3, -0.25) is 4.79 Å². The van der Waals surface area contributed by atoms with E-state index in [-0.39, 0.29) is 5.91 Å². The Morgan fingerprint density at radius 1 is 1.07 bits per heavy atom. The zero-order valence-electron chi connectivity index (χ0n) is 15.6. The monoisotopic (exact) mass is 383 g/mol. The molecule has 6 nitrogen and oxygen atoms in total. The van der Waals surface area contributed by atoms with Gasteiger partial charge in [0.2, 0.25) is 5.89 Å². The largest absolute Gasteiger partial charge is 0.481 e. The molecule has 0 fully saturated rings. The number of oxazole rings is 1. The second kappa shape index (κ2) is 7.87. The minimum Gasteiger partial charge on any atom is -0.481 e. The highest BCUT2D eigenvalue weighted by molar-refractivity contribution is 5.94. The molecule has 0 aliphatic heterocycles. The van der Waals surface area contributed by atoms with Crippen LogP contribution in [0.25, 0.3) is 22.6 Å². The average molecular weight is 383 g/mol. The molecule has 29 heavy (non-hydrogen) atoms. The van der Waals surface area contributed by atoms with Crippen LogP contribution in [0, 0.1) is 11.3 Å². The van der Waals surface area contributed by atoms with E-state index >= 15 is 0 Å². The molecule has 1 atom stereocenters. The van der Waals surface area contributed by atoms with Gasteiger partial charge in [0, 0.05) is 11.3 Å². The molecule has 6 heteroatoms. The zero-order chi connectivity index (χ0) is 20.2. The van der Waals surface area contributed by atoms with Crippen molar-refractivity contribution in [2.24, 2.45) is 0 Å². The number of para-hydroxylation sites is 2. The highest BCUT2D eigenvalue weighted by Gasteiger charge is 2.15. The summed E-state index contributed by atoms with van der Waals surface area (Å²) >= 11 is 0. The number of nitrogens with zero attached hydrogens (tertiary/aromatic N) is 2. The Kier molecular flexibility index (Phi) is 4.95. The number of aromatic nitrogens is 1. The number of nitrogens with one attached hydrogen (secondary N) is 1. The van der Waals surface area contributed by atoms with Gasteiger partial charge in [-0.05, 0) is 67.6 Å². The lowest BCUT2D eigenvalue weighted by Gasteiger charge is -2.15. The fourth-order valence-corrected chi connectivity index (χ4v) is 2.80. The van der Waals surface area contributed by atoms with Crippen LogP contribution in [0.4, 0.5) is 5.69 Å². The molecule has 4 rings (SSSR count). The zero-order valence-corrected chi connectivity index (χ0v) is 15.6. The topological polar surface area (TPSA) is 88.1 Å². The Morgan fingerprint density at radius 2 is 1.79 bits per heavy atom. The molecule has 1 amide bonds. The average Bonchev–Trinajstić information content (AvgIpc) is 3.19. The fourth-order valence-electron chi connectivity index (χ4n) is 2.80. The Balaban J connectivity index is 1.41. The van der Waals surface area contributed by atoms with E-state index in [1.165, 1.54) is 0 Å². The Morgan fingerprint density at radius 3 is 2.48 bits per heavy atom. The maximum absolute atomic E-state index is 12.4. The molecular formula is C23H17N3O3. The summed E-state index contributed by atoms with van der Waals surface area (Å²) in [5, 5.41) is 11.6. The number of hydrogen-bond acceptors (Lipinski definition) is 5. The summed E-state index contributed by atoms with van der Waals surface area (Å²) < 4.78 is 11.4. The third-order valence-electron chi connectivity index (χ3n) is 4.36. The lowest BCUT2D eigenvalue weighted by atomic mass is 10.2. The van der Waals surface area contributed by atoms with Gasteiger partial charge in [0.25, 0.3) is 5.91 Å². The van der Waals surface area contributed by atoms with Crippen LogP contribution in [-0.4, -0.2) is 17.0 Å². The number of carbonyl (C=O) groups excluding carboxylic acids is 1. The van der Waals surface area contributed by atoms with Crippen LogP contribution in [0.15, 0.2) is 77.2 Å². The summed E-state index contributed by atoms with van der Waals surface area (Å²) in [5.41, 5.74) is 3.53. The van der Waals surface area contributed by atoms with Crippen LogP contribution in [0.1, 0.15) is 12.5 Å². The normalized spacial score (nSPS) is 11.6. The Labute approximate surface area is 167 Å². The van der Waals surface area contributed by atoms with Crippen LogP contribution in [0.2, 0.25) is 0 Å². The minimum absolute atomic E-state index is 0.274. The van der Waals surface area contributed by atoms with Crippen molar-refractivity contribution in [3.8, 4) is 23.3 Å². The van der Waals surface area contributed by atoms with E-state index in [9.17, 15) is 4.79 Å². The van der Waals surface area contributed by atoms with E-state index in [0.29, 0.717) is 22.9 Å². The quantitative estimate of drug-likeness (QED) is 0.536. The highest BCUT2D eigenvalue weighted by atomic mass is 16.5. The number of ether oxygens (including phenoxy) is 1. The molecule has 1 N–H and O–H groups in total. The van der Waals surface area contributed by atoms with Crippen molar-refractivity contribution >= 4 is 22.7 Å². The lowest BCUT2D eigenvalue weighted by molar-refractivity contribution is -0.122. The van der Waals surface area contributed by atoms with E-state index in [1.54, 1.807) is 43.3 Å². The van der Waals surface area contributed by atoms with Crippen LogP contribution >= 0.6 is 0 Å². The van der Waals surface area contributed by atoms with Gasteiger partial charge >= 0.3 is 0 Å². The van der Waals surface area contributed by atoms with Crippen molar-refractivity contribution in [2.45, 2.75) is 13.0 Å². The number of rotatable bonds is 5. The van der Waals surface area contributed by atoms with Crippen molar-refractivity contribution in [3.05, 3.63) is 78.4 Å². The van der Waals surface area contributed by atoms with Gasteiger partial charge < -0.3 is 14.5 Å². The molecule has 0 saturated carbocycles. The molecular weight excluding hydrogens is 366 g/mol. The van der Waals surface area contributed by atoms with Gasteiger partial charge in [-0.15, -0.1) is 0 Å². The SMILES string of the molecule is CC(Oc1ccc(C#N)cc1)C(=O)Nc1ccc(-c2nc3ccccc3o2)cc1. The summed E-state index contributed by atoms with van der Waals surface area (Å²) in [7, 11) is 0. The first-order chi connectivity index (χ1) is 14.1. The number of anilines is 1. The van der Waals surface area contributed by atoms with E-state index in [2.05, 4.69) is 10.3 Å². The lowest BCUT2D eigenvalue weighted by Crippen LogP contribution is -2.30. The summed E-state index contributed by atoms with van der Waals surface area (Å²) in [6.45, 7) is 1.67. The number of nitriles is 1. The summed E-state index contributed by atoms with van der Waals surface area (Å²) in [4.78, 5) is 16.9. The molecule has 1 unspecified atom stereocenters. The molecule has 4 aromatic rings. The maximum atomic E-state index is 12.4. The van der Waals surface area contributed by atoms with E-state index < -0.39 is 6.10 Å². The predicted octanol–water partition coefficient (Wildman–Crippen LogP) is 4.77. The van der Waals surface area contributed by atoms with Crippen molar-refractivity contribution in [1.29, 1.82) is 5.26 Å². The smallest absolute Gasteiger partial charge is 0.265 e. The molecule has 0 aliphatic rings. The van der Waals surface area contributed by atoms with Crippen molar-refractivity contribution in [2.75, 3.05) is 5.32 Å². The molecule has 142 valence electrons. The molecule has 1 aromatic heterocycles. The van der Waals surface area contributed by atoms with E-state index in [4.69, 9.17) is 14.4 Å². The summed E-state index contributed by atoms with van der Waals surface area (Å²) in [6.07, 6.45) is -0.695. The predicted molar refractivity (Wildman–Crippen MR) is 109 cm³/mol. The second-order valence-electron chi connectivity index (χ2n) is 6.45. The van der Waals surface area contributed by atoms with E-state index in [0.717, 1.165) is 16.7 Å². The first-order valence-corrected chi connectivity index (χ1v) is 9.06. The van der Waals surface area contributed by atoms with E-state index in [1.807, 2.05) is 42.5 Å². The van der Waals surface area contributed by atoms with Gasteiger partial charge in [0.15, 0.2) is 11.7 Å². The summed E-state index contributed by atoms with van der Waals surface area (Å²) in [5.74, 6) is 0.781. The highest BCUT2D eigenvalue weighted by Crippen LogP contribution is 2.25. The van der Waals surface area contributed by atoms with Crippen LogP contribution < -0.4 is 10.1 Å².